The number of carbonyl (C=O) groups excluding carboxylic acids is 1. The lowest BCUT2D eigenvalue weighted by Gasteiger charge is -2.34. The maximum Gasteiger partial charge on any atom is 0.233 e. The molecule has 1 saturated heterocycles. The third-order valence-electron chi connectivity index (χ3n) is 5.99. The van der Waals surface area contributed by atoms with Crippen molar-refractivity contribution in [1.29, 1.82) is 0 Å². The Bertz CT molecular complexity index is 1080. The molecule has 2 aliphatic rings. The molecule has 32 heavy (non-hydrogen) atoms. The summed E-state index contributed by atoms with van der Waals surface area (Å²) in [5, 5.41) is 9.27. The van der Waals surface area contributed by atoms with Crippen LogP contribution in [0.2, 0.25) is 0 Å². The second kappa shape index (κ2) is 9.42. The van der Waals surface area contributed by atoms with Crippen molar-refractivity contribution in [3.63, 3.8) is 0 Å². The molecule has 2 heterocycles. The third kappa shape index (κ3) is 4.71. The lowest BCUT2D eigenvalue weighted by Crippen LogP contribution is -2.48. The highest BCUT2D eigenvalue weighted by atomic mass is 32.2. The maximum absolute atomic E-state index is 14.3. The maximum atomic E-state index is 14.3. The van der Waals surface area contributed by atoms with Crippen LogP contribution in [0.3, 0.4) is 0 Å². The van der Waals surface area contributed by atoms with Crippen molar-refractivity contribution < 1.29 is 9.18 Å². The summed E-state index contributed by atoms with van der Waals surface area (Å²) in [4.78, 5) is 17.2. The van der Waals surface area contributed by atoms with E-state index in [0.29, 0.717) is 28.3 Å². The van der Waals surface area contributed by atoms with Gasteiger partial charge in [-0.05, 0) is 30.5 Å². The van der Waals surface area contributed by atoms with E-state index in [1.807, 2.05) is 15.5 Å². The molecular weight excluding hydrogens is 425 g/mol. The second-order valence-corrected chi connectivity index (χ2v) is 9.26. The quantitative estimate of drug-likeness (QED) is 0.511. The minimum absolute atomic E-state index is 0.118. The van der Waals surface area contributed by atoms with Gasteiger partial charge in [-0.15, -0.1) is 10.2 Å². The van der Waals surface area contributed by atoms with Crippen LogP contribution in [0, 0.1) is 5.82 Å². The molecule has 0 spiro atoms. The van der Waals surface area contributed by atoms with E-state index in [2.05, 4.69) is 39.4 Å². The van der Waals surface area contributed by atoms with Crippen molar-refractivity contribution in [2.24, 2.45) is 0 Å². The lowest BCUT2D eigenvalue weighted by atomic mass is 10.2. The van der Waals surface area contributed by atoms with Crippen LogP contribution >= 0.6 is 11.8 Å². The molecule has 5 rings (SSSR count). The topological polar surface area (TPSA) is 54.3 Å². The highest BCUT2D eigenvalue weighted by Gasteiger charge is 2.31. The van der Waals surface area contributed by atoms with E-state index in [1.165, 1.54) is 23.4 Å². The van der Waals surface area contributed by atoms with Gasteiger partial charge >= 0.3 is 0 Å². The molecule has 166 valence electrons. The Morgan fingerprint density at radius 1 is 0.969 bits per heavy atom. The van der Waals surface area contributed by atoms with Gasteiger partial charge < -0.3 is 4.90 Å². The van der Waals surface area contributed by atoms with Crippen LogP contribution in [0.25, 0.3) is 11.4 Å². The van der Waals surface area contributed by atoms with E-state index in [4.69, 9.17) is 0 Å². The van der Waals surface area contributed by atoms with Crippen LogP contribution in [-0.2, 0) is 11.3 Å². The van der Waals surface area contributed by atoms with Gasteiger partial charge in [0.2, 0.25) is 5.91 Å². The van der Waals surface area contributed by atoms with E-state index < -0.39 is 0 Å². The highest BCUT2D eigenvalue weighted by Crippen LogP contribution is 2.41. The van der Waals surface area contributed by atoms with Crippen LogP contribution in [0.1, 0.15) is 24.4 Å². The number of rotatable bonds is 7. The number of aromatic nitrogens is 3. The standard InChI is InChI=1S/C24H26FN5OS/c25-21-9-5-4-8-20(21)23-26-27-24(30(23)19-10-11-19)32-17-22(31)29-14-12-28(13-15-29)16-18-6-2-1-3-7-18/h1-9,19H,10-17H2. The molecule has 0 radical (unpaired) electrons. The molecule has 1 amide bonds. The van der Waals surface area contributed by atoms with Crippen LogP contribution in [0.15, 0.2) is 59.8 Å². The summed E-state index contributed by atoms with van der Waals surface area (Å²) in [6, 6.07) is 17.4. The van der Waals surface area contributed by atoms with E-state index in [9.17, 15) is 9.18 Å². The SMILES string of the molecule is O=C(CSc1nnc(-c2ccccc2F)n1C1CC1)N1CCN(Cc2ccccc2)CC1. The normalized spacial score (nSPS) is 17.0. The summed E-state index contributed by atoms with van der Waals surface area (Å²) in [6.07, 6.45) is 2.06. The van der Waals surface area contributed by atoms with Crippen LogP contribution in [0.4, 0.5) is 4.39 Å². The first-order valence-electron chi connectivity index (χ1n) is 11.1. The van der Waals surface area contributed by atoms with Crippen LogP contribution in [-0.4, -0.2) is 62.4 Å². The lowest BCUT2D eigenvalue weighted by molar-refractivity contribution is -0.130. The molecule has 1 aliphatic heterocycles. The third-order valence-corrected chi connectivity index (χ3v) is 6.92. The fraction of sp³-hybridized carbons (Fsp3) is 0.375. The van der Waals surface area contributed by atoms with Gasteiger partial charge in [0.25, 0.3) is 0 Å². The summed E-state index contributed by atoms with van der Waals surface area (Å²) in [6.45, 7) is 4.15. The summed E-state index contributed by atoms with van der Waals surface area (Å²) in [7, 11) is 0. The number of amides is 1. The van der Waals surface area contributed by atoms with Crippen LogP contribution in [0.5, 0.6) is 0 Å². The molecule has 0 atom stereocenters. The number of halogens is 1. The fourth-order valence-corrected chi connectivity index (χ4v) is 4.99. The molecule has 1 saturated carbocycles. The summed E-state index contributed by atoms with van der Waals surface area (Å²) < 4.78 is 16.3. The van der Waals surface area contributed by atoms with Crippen molar-refractivity contribution >= 4 is 17.7 Å². The average molecular weight is 452 g/mol. The predicted octanol–water partition coefficient (Wildman–Crippen LogP) is 3.86. The van der Waals surface area contributed by atoms with E-state index in [-0.39, 0.29) is 11.7 Å². The Balaban J connectivity index is 1.19. The largest absolute Gasteiger partial charge is 0.339 e. The summed E-state index contributed by atoms with van der Waals surface area (Å²) in [5.41, 5.74) is 1.76. The molecule has 0 bridgehead atoms. The number of hydrogen-bond donors (Lipinski definition) is 0. The van der Waals surface area contributed by atoms with Gasteiger partial charge in [-0.3, -0.25) is 14.3 Å². The number of benzene rings is 2. The number of hydrogen-bond acceptors (Lipinski definition) is 5. The monoisotopic (exact) mass is 451 g/mol. The molecule has 1 aliphatic carbocycles. The fourth-order valence-electron chi connectivity index (χ4n) is 4.08. The van der Waals surface area contributed by atoms with E-state index in [1.54, 1.807) is 18.2 Å². The Morgan fingerprint density at radius 2 is 1.69 bits per heavy atom. The van der Waals surface area contributed by atoms with Crippen molar-refractivity contribution in [3.8, 4) is 11.4 Å². The van der Waals surface area contributed by atoms with Crippen molar-refractivity contribution in [2.75, 3.05) is 31.9 Å². The number of thioether (sulfide) groups is 1. The zero-order valence-corrected chi connectivity index (χ0v) is 18.7. The Morgan fingerprint density at radius 3 is 2.41 bits per heavy atom. The Labute approximate surface area is 191 Å². The molecule has 2 aromatic carbocycles. The summed E-state index contributed by atoms with van der Waals surface area (Å²) in [5.74, 6) is 0.686. The predicted molar refractivity (Wildman–Crippen MR) is 123 cm³/mol. The van der Waals surface area contributed by atoms with E-state index >= 15 is 0 Å². The molecule has 3 aromatic rings. The second-order valence-electron chi connectivity index (χ2n) is 8.32. The smallest absolute Gasteiger partial charge is 0.233 e. The molecule has 0 unspecified atom stereocenters. The first-order chi connectivity index (χ1) is 15.7. The zero-order chi connectivity index (χ0) is 21.9. The van der Waals surface area contributed by atoms with Gasteiger partial charge in [0, 0.05) is 38.8 Å². The first kappa shape index (κ1) is 21.2. The number of nitrogens with zero attached hydrogens (tertiary/aromatic N) is 5. The number of carbonyl (C=O) groups is 1. The first-order valence-corrected chi connectivity index (χ1v) is 12.0. The number of piperazine rings is 1. The average Bonchev–Trinajstić information content (AvgIpc) is 3.58. The molecule has 0 N–H and O–H groups in total. The molecule has 1 aromatic heterocycles. The molecule has 6 nitrogen and oxygen atoms in total. The minimum Gasteiger partial charge on any atom is -0.339 e. The van der Waals surface area contributed by atoms with Gasteiger partial charge in [-0.25, -0.2) is 4.39 Å². The zero-order valence-electron chi connectivity index (χ0n) is 17.9. The summed E-state index contributed by atoms with van der Waals surface area (Å²) >= 11 is 1.40. The molecule has 2 fully saturated rings. The van der Waals surface area contributed by atoms with Gasteiger partial charge in [-0.2, -0.15) is 0 Å². The van der Waals surface area contributed by atoms with Gasteiger partial charge in [-0.1, -0.05) is 54.2 Å². The van der Waals surface area contributed by atoms with E-state index in [0.717, 1.165) is 45.6 Å². The molecule has 8 heteroatoms. The van der Waals surface area contributed by atoms with Gasteiger partial charge in [0.1, 0.15) is 5.82 Å². The van der Waals surface area contributed by atoms with Gasteiger partial charge in [0.15, 0.2) is 11.0 Å². The molecular formula is C24H26FN5OS. The Hall–Kier alpha value is -2.71. The highest BCUT2D eigenvalue weighted by molar-refractivity contribution is 7.99. The van der Waals surface area contributed by atoms with Crippen molar-refractivity contribution in [3.05, 3.63) is 66.0 Å². The van der Waals surface area contributed by atoms with Crippen molar-refractivity contribution in [1.82, 2.24) is 24.6 Å². The Kier molecular flexibility index (Phi) is 6.23. The minimum atomic E-state index is -0.303. The van der Waals surface area contributed by atoms with Gasteiger partial charge in [0.05, 0.1) is 11.3 Å². The van der Waals surface area contributed by atoms with Crippen LogP contribution < -0.4 is 0 Å². The van der Waals surface area contributed by atoms with Crippen molar-refractivity contribution in [2.45, 2.75) is 30.6 Å².